The zero-order chi connectivity index (χ0) is 27.9. The van der Waals surface area contributed by atoms with Crippen molar-refractivity contribution in [1.82, 2.24) is 0 Å². The van der Waals surface area contributed by atoms with Crippen LogP contribution in [0.5, 0.6) is 0 Å². The summed E-state index contributed by atoms with van der Waals surface area (Å²) >= 11 is 0. The highest BCUT2D eigenvalue weighted by atomic mass is 31.1. The molecular formula is C35H58P2. The number of rotatable bonds is 14. The SMILES string of the molecule is CC(C)c1cc(C(C)C)c(PCCCCCPc2c(C(C)C)cc(C(C)C)cc2C(C)C)c(C(C)C)c1. The van der Waals surface area contributed by atoms with Crippen LogP contribution >= 0.6 is 17.2 Å². The average molecular weight is 541 g/mol. The van der Waals surface area contributed by atoms with E-state index in [4.69, 9.17) is 0 Å². The molecule has 0 aromatic heterocycles. The Morgan fingerprint density at radius 1 is 0.405 bits per heavy atom. The van der Waals surface area contributed by atoms with Crippen LogP contribution in [0, 0.1) is 0 Å². The molecule has 0 saturated carbocycles. The first-order valence-corrected chi connectivity index (χ1v) is 17.6. The Morgan fingerprint density at radius 2 is 0.676 bits per heavy atom. The van der Waals surface area contributed by atoms with Crippen LogP contribution < -0.4 is 10.6 Å². The van der Waals surface area contributed by atoms with Gasteiger partial charge in [0.05, 0.1) is 0 Å². The molecule has 0 fully saturated rings. The van der Waals surface area contributed by atoms with E-state index in [1.54, 1.807) is 32.9 Å². The van der Waals surface area contributed by atoms with Gasteiger partial charge in [0.15, 0.2) is 0 Å². The molecule has 0 spiro atoms. The summed E-state index contributed by atoms with van der Waals surface area (Å²) in [6, 6.07) is 10.1. The van der Waals surface area contributed by atoms with Gasteiger partial charge in [-0.25, -0.2) is 0 Å². The zero-order valence-corrected chi connectivity index (χ0v) is 28.3. The lowest BCUT2D eigenvalue weighted by Gasteiger charge is -2.23. The molecule has 0 heterocycles. The highest BCUT2D eigenvalue weighted by Crippen LogP contribution is 2.33. The second-order valence-electron chi connectivity index (χ2n) is 13.0. The van der Waals surface area contributed by atoms with Crippen LogP contribution in [0.2, 0.25) is 0 Å². The monoisotopic (exact) mass is 540 g/mol. The molecule has 0 nitrogen and oxygen atoms in total. The lowest BCUT2D eigenvalue weighted by Crippen LogP contribution is -2.16. The molecule has 0 aliphatic heterocycles. The van der Waals surface area contributed by atoms with E-state index >= 15 is 0 Å². The lowest BCUT2D eigenvalue weighted by molar-refractivity contribution is 0.782. The van der Waals surface area contributed by atoms with E-state index in [1.807, 2.05) is 0 Å². The molecule has 2 rings (SSSR count). The van der Waals surface area contributed by atoms with Crippen molar-refractivity contribution < 1.29 is 0 Å². The van der Waals surface area contributed by atoms with E-state index in [0.29, 0.717) is 35.5 Å². The third kappa shape index (κ3) is 9.18. The Morgan fingerprint density at radius 3 is 0.892 bits per heavy atom. The van der Waals surface area contributed by atoms with Crippen molar-refractivity contribution in [2.24, 2.45) is 0 Å². The molecule has 0 aliphatic rings. The Kier molecular flexibility index (Phi) is 13.3. The van der Waals surface area contributed by atoms with Gasteiger partial charge in [0.2, 0.25) is 0 Å². The maximum Gasteiger partial charge on any atom is -0.0202 e. The van der Waals surface area contributed by atoms with Crippen LogP contribution in [0.1, 0.15) is 171 Å². The molecular weight excluding hydrogens is 482 g/mol. The summed E-state index contributed by atoms with van der Waals surface area (Å²) in [7, 11) is 1.90. The van der Waals surface area contributed by atoms with E-state index in [1.165, 1.54) is 42.7 Å². The topological polar surface area (TPSA) is 0 Å². The van der Waals surface area contributed by atoms with Crippen molar-refractivity contribution in [2.45, 2.75) is 138 Å². The normalized spacial score (nSPS) is 13.0. The Bertz CT molecular complexity index is 841. The molecule has 0 amide bonds. The van der Waals surface area contributed by atoms with Crippen molar-refractivity contribution in [3.8, 4) is 0 Å². The van der Waals surface area contributed by atoms with E-state index in [2.05, 4.69) is 107 Å². The first-order chi connectivity index (χ1) is 17.3. The van der Waals surface area contributed by atoms with Crippen LogP contribution in [0.15, 0.2) is 24.3 Å². The molecule has 2 aromatic rings. The van der Waals surface area contributed by atoms with Gasteiger partial charge in [0, 0.05) is 0 Å². The second-order valence-corrected chi connectivity index (χ2v) is 15.7. The molecule has 2 aromatic carbocycles. The van der Waals surface area contributed by atoms with Crippen LogP contribution in [0.3, 0.4) is 0 Å². The van der Waals surface area contributed by atoms with Gasteiger partial charge in [0.1, 0.15) is 0 Å². The fourth-order valence-corrected chi connectivity index (χ4v) is 8.79. The Hall–Kier alpha value is -0.700. The number of hydrogen-bond donors (Lipinski definition) is 0. The van der Waals surface area contributed by atoms with Crippen molar-refractivity contribution >= 4 is 27.8 Å². The van der Waals surface area contributed by atoms with E-state index in [-0.39, 0.29) is 0 Å². The molecule has 0 bridgehead atoms. The highest BCUT2D eigenvalue weighted by Gasteiger charge is 2.18. The van der Waals surface area contributed by atoms with E-state index < -0.39 is 0 Å². The molecule has 0 saturated heterocycles. The Labute approximate surface area is 235 Å². The van der Waals surface area contributed by atoms with Gasteiger partial charge in [0.25, 0.3) is 0 Å². The number of benzene rings is 2. The first-order valence-electron chi connectivity index (χ1n) is 15.2. The molecule has 0 N–H and O–H groups in total. The number of hydrogen-bond acceptors (Lipinski definition) is 0. The maximum atomic E-state index is 2.52. The molecule has 0 aliphatic carbocycles. The zero-order valence-electron chi connectivity index (χ0n) is 26.3. The molecule has 0 radical (unpaired) electrons. The molecule has 37 heavy (non-hydrogen) atoms. The minimum Gasteiger partial charge on any atom is -0.0898 e. The Balaban J connectivity index is 2.02. The van der Waals surface area contributed by atoms with Crippen molar-refractivity contribution in [3.63, 3.8) is 0 Å². The van der Waals surface area contributed by atoms with Crippen LogP contribution in [-0.2, 0) is 0 Å². The second kappa shape index (κ2) is 15.2. The lowest BCUT2D eigenvalue weighted by atomic mass is 9.89. The van der Waals surface area contributed by atoms with Gasteiger partial charge in [-0.15, -0.1) is 0 Å². The van der Waals surface area contributed by atoms with E-state index in [0.717, 1.165) is 17.2 Å². The number of unbranched alkanes of at least 4 members (excludes halogenated alkanes) is 2. The smallest absolute Gasteiger partial charge is 0.0202 e. The van der Waals surface area contributed by atoms with Gasteiger partial charge in [-0.1, -0.05) is 131 Å². The summed E-state index contributed by atoms with van der Waals surface area (Å²) in [6.45, 7) is 28.4. The molecule has 2 heteroatoms. The predicted octanol–water partition coefficient (Wildman–Crippen LogP) is 10.9. The maximum absolute atomic E-state index is 2.52. The van der Waals surface area contributed by atoms with Crippen molar-refractivity contribution in [2.75, 3.05) is 12.3 Å². The summed E-state index contributed by atoms with van der Waals surface area (Å²) in [5, 5.41) is 3.37. The molecule has 2 atom stereocenters. The first kappa shape index (κ1) is 32.5. The van der Waals surface area contributed by atoms with Gasteiger partial charge in [-0.2, -0.15) is 0 Å². The van der Waals surface area contributed by atoms with Gasteiger partial charge < -0.3 is 0 Å². The average Bonchev–Trinajstić information content (AvgIpc) is 2.81. The fourth-order valence-electron chi connectivity index (χ4n) is 5.17. The van der Waals surface area contributed by atoms with Crippen LogP contribution in [-0.4, -0.2) is 12.3 Å². The van der Waals surface area contributed by atoms with E-state index in [9.17, 15) is 0 Å². The quantitative estimate of drug-likeness (QED) is 0.165. The highest BCUT2D eigenvalue weighted by molar-refractivity contribution is 7.47. The summed E-state index contributed by atoms with van der Waals surface area (Å²) in [4.78, 5) is 0. The summed E-state index contributed by atoms with van der Waals surface area (Å²) in [5.41, 5.74) is 9.49. The van der Waals surface area contributed by atoms with Crippen LogP contribution in [0.25, 0.3) is 0 Å². The van der Waals surface area contributed by atoms with Gasteiger partial charge in [-0.3, -0.25) is 0 Å². The minimum absolute atomic E-state index is 0.599. The summed E-state index contributed by atoms with van der Waals surface area (Å²) in [5.74, 6) is 3.61. The van der Waals surface area contributed by atoms with Crippen molar-refractivity contribution in [3.05, 3.63) is 57.6 Å². The molecule has 208 valence electrons. The molecule has 2 unspecified atom stereocenters. The largest absolute Gasteiger partial charge is 0.0898 e. The minimum atomic E-state index is 0.599. The predicted molar refractivity (Wildman–Crippen MR) is 177 cm³/mol. The van der Waals surface area contributed by atoms with Gasteiger partial charge >= 0.3 is 0 Å². The third-order valence-electron chi connectivity index (χ3n) is 7.72. The van der Waals surface area contributed by atoms with Gasteiger partial charge in [-0.05, 0) is 105 Å². The summed E-state index contributed by atoms with van der Waals surface area (Å²) in [6.07, 6.45) is 6.80. The third-order valence-corrected chi connectivity index (χ3v) is 10.8. The standard InChI is InChI=1S/C35H58P2/c1-22(2)28-18-30(24(5)6)34(31(19-28)25(7)8)36-16-14-13-15-17-37-35-32(26(9)10)20-29(23(3)4)21-33(35)27(11)12/h18-27,36-37H,13-17H2,1-12H3. The van der Waals surface area contributed by atoms with Crippen LogP contribution in [0.4, 0.5) is 0 Å². The van der Waals surface area contributed by atoms with Crippen molar-refractivity contribution in [1.29, 1.82) is 0 Å². The fraction of sp³-hybridized carbons (Fsp3) is 0.657. The summed E-state index contributed by atoms with van der Waals surface area (Å²) < 4.78 is 0.